The van der Waals surface area contributed by atoms with Gasteiger partial charge in [-0.3, -0.25) is 0 Å². The third-order valence-corrected chi connectivity index (χ3v) is 3.01. The van der Waals surface area contributed by atoms with Gasteiger partial charge in [0.25, 0.3) is 0 Å². The highest BCUT2D eigenvalue weighted by Gasteiger charge is 2.26. The fourth-order valence-corrected chi connectivity index (χ4v) is 2.16. The Balaban J connectivity index is 2.27. The summed E-state index contributed by atoms with van der Waals surface area (Å²) in [6.45, 7) is 6.03. The molecule has 0 aliphatic carbocycles. The van der Waals surface area contributed by atoms with Gasteiger partial charge in [0.15, 0.2) is 5.82 Å². The molecule has 1 aromatic heterocycles. The Morgan fingerprint density at radius 1 is 1.60 bits per heavy atom. The van der Waals surface area contributed by atoms with Gasteiger partial charge in [0.05, 0.1) is 6.04 Å². The van der Waals surface area contributed by atoms with Crippen LogP contribution in [0.4, 0.5) is 5.95 Å². The fraction of sp³-hybridized carbons (Fsp3) is 0.800. The predicted molar refractivity (Wildman–Crippen MR) is 59.8 cm³/mol. The Morgan fingerprint density at radius 2 is 2.40 bits per heavy atom. The molecule has 2 heterocycles. The molecule has 5 nitrogen and oxygen atoms in total. The number of hydrogen-bond donors (Lipinski definition) is 2. The highest BCUT2D eigenvalue weighted by atomic mass is 15.4. The van der Waals surface area contributed by atoms with Gasteiger partial charge in [0, 0.05) is 13.0 Å². The summed E-state index contributed by atoms with van der Waals surface area (Å²) < 4.78 is 2.03. The van der Waals surface area contributed by atoms with Crippen molar-refractivity contribution in [2.45, 2.75) is 32.7 Å². The number of nitrogens with one attached hydrogen (secondary N) is 1. The van der Waals surface area contributed by atoms with Crippen LogP contribution in [-0.2, 0) is 6.42 Å². The number of hydrogen-bond acceptors (Lipinski definition) is 4. The van der Waals surface area contributed by atoms with Gasteiger partial charge in [0.2, 0.25) is 5.95 Å². The second-order valence-corrected chi connectivity index (χ2v) is 4.17. The molecule has 0 spiro atoms. The zero-order valence-corrected chi connectivity index (χ0v) is 9.40. The van der Waals surface area contributed by atoms with Crippen LogP contribution in [0.3, 0.4) is 0 Å². The van der Waals surface area contributed by atoms with Crippen molar-refractivity contribution < 1.29 is 0 Å². The molecule has 0 radical (unpaired) electrons. The monoisotopic (exact) mass is 209 g/mol. The first-order chi connectivity index (χ1) is 7.26. The van der Waals surface area contributed by atoms with Gasteiger partial charge in [0.1, 0.15) is 0 Å². The molecular formula is C10H19N5. The summed E-state index contributed by atoms with van der Waals surface area (Å²) in [6.07, 6.45) is 1.85. The van der Waals surface area contributed by atoms with Crippen LogP contribution in [0.25, 0.3) is 0 Å². The summed E-state index contributed by atoms with van der Waals surface area (Å²) in [7, 11) is 0. The lowest BCUT2D eigenvalue weighted by atomic mass is 9.98. The minimum Gasteiger partial charge on any atom is -0.354 e. The molecule has 3 N–H and O–H groups in total. The smallest absolute Gasteiger partial charge is 0.221 e. The van der Waals surface area contributed by atoms with Crippen molar-refractivity contribution in [3.8, 4) is 0 Å². The SMILES string of the molecule is CCC1C(C)CNc2nc(CCN)nn21. The minimum absolute atomic E-state index is 0.472. The van der Waals surface area contributed by atoms with Crippen molar-refractivity contribution in [2.75, 3.05) is 18.4 Å². The average molecular weight is 209 g/mol. The van der Waals surface area contributed by atoms with Crippen LogP contribution in [0.5, 0.6) is 0 Å². The molecule has 0 fully saturated rings. The maximum absolute atomic E-state index is 5.50. The van der Waals surface area contributed by atoms with E-state index >= 15 is 0 Å². The van der Waals surface area contributed by atoms with Gasteiger partial charge < -0.3 is 11.1 Å². The fourth-order valence-electron chi connectivity index (χ4n) is 2.16. The highest BCUT2D eigenvalue weighted by molar-refractivity contribution is 5.28. The molecule has 84 valence electrons. The normalized spacial score (nSPS) is 24.7. The first-order valence-electron chi connectivity index (χ1n) is 5.65. The van der Waals surface area contributed by atoms with Crippen LogP contribution >= 0.6 is 0 Å². The summed E-state index contributed by atoms with van der Waals surface area (Å²) in [4.78, 5) is 4.43. The Morgan fingerprint density at radius 3 is 3.07 bits per heavy atom. The van der Waals surface area contributed by atoms with Gasteiger partial charge in [-0.2, -0.15) is 10.1 Å². The molecule has 15 heavy (non-hydrogen) atoms. The molecule has 1 aromatic rings. The Bertz CT molecular complexity index is 333. The molecule has 0 saturated heterocycles. The van der Waals surface area contributed by atoms with E-state index in [0.717, 1.165) is 31.2 Å². The number of anilines is 1. The molecular weight excluding hydrogens is 190 g/mol. The third-order valence-electron chi connectivity index (χ3n) is 3.01. The van der Waals surface area contributed by atoms with Crippen molar-refractivity contribution in [1.29, 1.82) is 0 Å². The van der Waals surface area contributed by atoms with Gasteiger partial charge in [-0.05, 0) is 18.9 Å². The number of rotatable bonds is 3. The molecule has 0 amide bonds. The minimum atomic E-state index is 0.472. The van der Waals surface area contributed by atoms with E-state index in [4.69, 9.17) is 5.73 Å². The van der Waals surface area contributed by atoms with Crippen molar-refractivity contribution >= 4 is 5.95 Å². The van der Waals surface area contributed by atoms with Crippen molar-refractivity contribution in [3.63, 3.8) is 0 Å². The maximum Gasteiger partial charge on any atom is 0.221 e. The zero-order valence-electron chi connectivity index (χ0n) is 9.40. The van der Waals surface area contributed by atoms with E-state index in [1.165, 1.54) is 0 Å². The summed E-state index contributed by atoms with van der Waals surface area (Å²) in [5.41, 5.74) is 5.50. The van der Waals surface area contributed by atoms with Crippen LogP contribution in [0.2, 0.25) is 0 Å². The molecule has 2 unspecified atom stereocenters. The number of nitrogens with two attached hydrogens (primary N) is 1. The maximum atomic E-state index is 5.50. The molecule has 1 aliphatic rings. The van der Waals surface area contributed by atoms with E-state index in [-0.39, 0.29) is 0 Å². The number of nitrogens with zero attached hydrogens (tertiary/aromatic N) is 3. The molecule has 0 bridgehead atoms. The quantitative estimate of drug-likeness (QED) is 0.772. The van der Waals surface area contributed by atoms with Gasteiger partial charge in [-0.15, -0.1) is 0 Å². The molecule has 5 heteroatoms. The highest BCUT2D eigenvalue weighted by Crippen LogP contribution is 2.28. The summed E-state index contributed by atoms with van der Waals surface area (Å²) in [5.74, 6) is 2.37. The number of aromatic nitrogens is 3. The van der Waals surface area contributed by atoms with E-state index in [1.807, 2.05) is 4.68 Å². The molecule has 0 saturated carbocycles. The van der Waals surface area contributed by atoms with Crippen molar-refractivity contribution in [1.82, 2.24) is 14.8 Å². The Kier molecular flexibility index (Phi) is 2.90. The number of fused-ring (bicyclic) bond motifs is 1. The average Bonchev–Trinajstić information content (AvgIpc) is 2.61. The molecule has 2 rings (SSSR count). The largest absolute Gasteiger partial charge is 0.354 e. The predicted octanol–water partition coefficient (Wildman–Crippen LogP) is 0.792. The van der Waals surface area contributed by atoms with Gasteiger partial charge in [-0.1, -0.05) is 13.8 Å². The Labute approximate surface area is 90.1 Å². The van der Waals surface area contributed by atoms with E-state index in [9.17, 15) is 0 Å². The summed E-state index contributed by atoms with van der Waals surface area (Å²) in [6, 6.07) is 0.472. The van der Waals surface area contributed by atoms with Crippen LogP contribution in [-0.4, -0.2) is 27.9 Å². The molecule has 1 aliphatic heterocycles. The van der Waals surface area contributed by atoms with Gasteiger partial charge >= 0.3 is 0 Å². The second kappa shape index (κ2) is 4.18. The lowest BCUT2D eigenvalue weighted by molar-refractivity contribution is 0.311. The van der Waals surface area contributed by atoms with Crippen LogP contribution in [0, 0.1) is 5.92 Å². The van der Waals surface area contributed by atoms with Crippen LogP contribution in [0.1, 0.15) is 32.1 Å². The van der Waals surface area contributed by atoms with E-state index in [0.29, 0.717) is 18.5 Å². The first kappa shape index (κ1) is 10.4. The van der Waals surface area contributed by atoms with Crippen molar-refractivity contribution in [2.24, 2.45) is 11.7 Å². The van der Waals surface area contributed by atoms with Crippen LogP contribution < -0.4 is 11.1 Å². The zero-order chi connectivity index (χ0) is 10.8. The summed E-state index contributed by atoms with van der Waals surface area (Å²) in [5, 5.41) is 7.81. The Hall–Kier alpha value is -1.10. The molecule has 0 aromatic carbocycles. The lowest BCUT2D eigenvalue weighted by Gasteiger charge is -2.29. The van der Waals surface area contributed by atoms with E-state index < -0.39 is 0 Å². The van der Waals surface area contributed by atoms with Crippen molar-refractivity contribution in [3.05, 3.63) is 5.82 Å². The topological polar surface area (TPSA) is 68.8 Å². The second-order valence-electron chi connectivity index (χ2n) is 4.17. The molecule has 2 atom stereocenters. The lowest BCUT2D eigenvalue weighted by Crippen LogP contribution is -2.31. The standard InChI is InChI=1S/C10H19N5/c1-3-8-7(2)6-12-10-13-9(4-5-11)14-15(8)10/h7-8H,3-6,11H2,1-2H3,(H,12,13,14). The van der Waals surface area contributed by atoms with E-state index in [1.54, 1.807) is 0 Å². The van der Waals surface area contributed by atoms with Gasteiger partial charge in [-0.25, -0.2) is 4.68 Å². The van der Waals surface area contributed by atoms with Crippen LogP contribution in [0.15, 0.2) is 0 Å². The van der Waals surface area contributed by atoms with E-state index in [2.05, 4.69) is 29.2 Å². The summed E-state index contributed by atoms with van der Waals surface area (Å²) >= 11 is 0. The first-order valence-corrected chi connectivity index (χ1v) is 5.65. The third kappa shape index (κ3) is 1.84.